The van der Waals surface area contributed by atoms with Gasteiger partial charge in [-0.3, -0.25) is 0 Å². The van der Waals surface area contributed by atoms with E-state index in [9.17, 15) is 18.0 Å². The molecule has 0 N–H and O–H groups in total. The van der Waals surface area contributed by atoms with E-state index in [2.05, 4.69) is 4.74 Å². The predicted octanol–water partition coefficient (Wildman–Crippen LogP) is 2.78. The highest BCUT2D eigenvalue weighted by Crippen LogP contribution is 2.21. The summed E-state index contributed by atoms with van der Waals surface area (Å²) in [5.74, 6) is -0.760. The first-order valence-electron chi connectivity index (χ1n) is 4.26. The fraction of sp³-hybridized carbons (Fsp3) is 0.444. The monoisotopic (exact) mass is 222 g/mol. The lowest BCUT2D eigenvalue weighted by Crippen LogP contribution is -2.11. The molecule has 1 aromatic heterocycles. The van der Waals surface area contributed by atoms with E-state index in [-0.39, 0.29) is 18.8 Å². The summed E-state index contributed by atoms with van der Waals surface area (Å²) in [5, 5.41) is 0. The number of halogens is 3. The van der Waals surface area contributed by atoms with Crippen LogP contribution in [0.4, 0.5) is 13.2 Å². The molecule has 3 nitrogen and oxygen atoms in total. The minimum absolute atomic E-state index is 0.0120. The van der Waals surface area contributed by atoms with Crippen LogP contribution in [-0.4, -0.2) is 18.8 Å². The Morgan fingerprint density at radius 2 is 2.20 bits per heavy atom. The van der Waals surface area contributed by atoms with Gasteiger partial charge in [0.1, 0.15) is 0 Å². The van der Waals surface area contributed by atoms with Crippen LogP contribution >= 0.6 is 0 Å². The summed E-state index contributed by atoms with van der Waals surface area (Å²) in [6, 6.07) is 2.87. The third-order valence-corrected chi connectivity index (χ3v) is 1.56. The Bertz CT molecular complexity index is 303. The zero-order valence-electron chi connectivity index (χ0n) is 7.71. The van der Waals surface area contributed by atoms with Gasteiger partial charge in [0.15, 0.2) is 0 Å². The molecule has 15 heavy (non-hydrogen) atoms. The van der Waals surface area contributed by atoms with Crippen molar-refractivity contribution in [2.75, 3.05) is 6.61 Å². The van der Waals surface area contributed by atoms with Crippen molar-refractivity contribution in [1.82, 2.24) is 0 Å². The van der Waals surface area contributed by atoms with E-state index in [0.29, 0.717) is 0 Å². The maximum atomic E-state index is 11.7. The van der Waals surface area contributed by atoms with Gasteiger partial charge in [0.05, 0.1) is 12.9 Å². The quantitative estimate of drug-likeness (QED) is 0.580. The van der Waals surface area contributed by atoms with E-state index < -0.39 is 18.6 Å². The number of esters is 1. The molecule has 84 valence electrons. The van der Waals surface area contributed by atoms with Crippen molar-refractivity contribution in [3.8, 4) is 0 Å². The highest BCUT2D eigenvalue weighted by Gasteiger charge is 2.26. The van der Waals surface area contributed by atoms with Gasteiger partial charge in [-0.2, -0.15) is 13.2 Å². The fourth-order valence-electron chi connectivity index (χ4n) is 0.903. The molecule has 0 aromatic carbocycles. The average molecular weight is 222 g/mol. The Labute approximate surface area is 83.8 Å². The molecule has 0 aliphatic heterocycles. The number of alkyl halides is 3. The van der Waals surface area contributed by atoms with Crippen molar-refractivity contribution < 1.29 is 27.1 Å². The molecule has 0 unspecified atom stereocenters. The first-order chi connectivity index (χ1) is 6.99. The van der Waals surface area contributed by atoms with E-state index in [0.717, 1.165) is 0 Å². The third-order valence-electron chi connectivity index (χ3n) is 1.56. The number of rotatable bonds is 4. The fourth-order valence-corrected chi connectivity index (χ4v) is 0.903. The molecule has 0 spiro atoms. The average Bonchev–Trinajstić information content (AvgIpc) is 2.63. The molecular formula is C9H9F3O3. The number of hydrogen-bond acceptors (Lipinski definition) is 3. The Morgan fingerprint density at radius 3 is 2.73 bits per heavy atom. The summed E-state index contributed by atoms with van der Waals surface area (Å²) in [4.78, 5) is 11.0. The molecule has 0 saturated carbocycles. The first kappa shape index (κ1) is 11.6. The number of ether oxygens (including phenoxy) is 1. The summed E-state index contributed by atoms with van der Waals surface area (Å²) >= 11 is 0. The Morgan fingerprint density at radius 1 is 1.47 bits per heavy atom. The second-order valence-electron chi connectivity index (χ2n) is 2.83. The smallest absolute Gasteiger partial charge is 0.389 e. The zero-order valence-corrected chi connectivity index (χ0v) is 7.71. The second kappa shape index (κ2) is 4.86. The molecule has 1 aromatic rings. The highest BCUT2D eigenvalue weighted by molar-refractivity contribution is 5.86. The van der Waals surface area contributed by atoms with Crippen molar-refractivity contribution in [3.63, 3.8) is 0 Å². The standard InChI is InChI=1S/C9H9F3O3/c10-9(11,12)4-2-6-15-8(13)7-3-1-5-14-7/h1,3,5H,2,4,6H2. The maximum absolute atomic E-state index is 11.7. The van der Waals surface area contributed by atoms with E-state index >= 15 is 0 Å². The minimum Gasteiger partial charge on any atom is -0.460 e. The molecule has 1 rings (SSSR count). The maximum Gasteiger partial charge on any atom is 0.389 e. The normalized spacial score (nSPS) is 11.4. The van der Waals surface area contributed by atoms with Gasteiger partial charge in [-0.15, -0.1) is 0 Å². The molecule has 0 saturated heterocycles. The lowest BCUT2D eigenvalue weighted by atomic mass is 10.3. The van der Waals surface area contributed by atoms with E-state index in [1.54, 1.807) is 0 Å². The molecule has 0 fully saturated rings. The van der Waals surface area contributed by atoms with Crippen molar-refractivity contribution in [2.24, 2.45) is 0 Å². The highest BCUT2D eigenvalue weighted by atomic mass is 19.4. The molecule has 0 aliphatic carbocycles. The predicted molar refractivity (Wildman–Crippen MR) is 44.3 cm³/mol. The van der Waals surface area contributed by atoms with Crippen LogP contribution in [0.3, 0.4) is 0 Å². The van der Waals surface area contributed by atoms with Gasteiger partial charge in [-0.25, -0.2) is 4.79 Å². The molecular weight excluding hydrogens is 213 g/mol. The summed E-state index contributed by atoms with van der Waals surface area (Å²) in [6.07, 6.45) is -4.13. The Hall–Kier alpha value is -1.46. The number of hydrogen-bond donors (Lipinski definition) is 0. The lowest BCUT2D eigenvalue weighted by Gasteiger charge is -2.05. The van der Waals surface area contributed by atoms with Crippen LogP contribution in [0.5, 0.6) is 0 Å². The summed E-state index contributed by atoms with van der Waals surface area (Å²) in [5.41, 5.74) is 0. The van der Waals surface area contributed by atoms with Crippen molar-refractivity contribution in [2.45, 2.75) is 19.0 Å². The molecule has 0 aliphatic rings. The van der Waals surface area contributed by atoms with Crippen LogP contribution < -0.4 is 0 Å². The molecule has 6 heteroatoms. The van der Waals surface area contributed by atoms with Crippen LogP contribution in [-0.2, 0) is 4.74 Å². The number of carbonyl (C=O) groups is 1. The van der Waals surface area contributed by atoms with Crippen molar-refractivity contribution in [3.05, 3.63) is 24.2 Å². The van der Waals surface area contributed by atoms with Crippen molar-refractivity contribution in [1.29, 1.82) is 0 Å². The lowest BCUT2D eigenvalue weighted by molar-refractivity contribution is -0.137. The third kappa shape index (κ3) is 4.53. The summed E-state index contributed by atoms with van der Waals surface area (Å²) in [7, 11) is 0. The molecule has 0 atom stereocenters. The van der Waals surface area contributed by atoms with Gasteiger partial charge < -0.3 is 9.15 Å². The van der Waals surface area contributed by atoms with E-state index in [4.69, 9.17) is 4.42 Å². The van der Waals surface area contributed by atoms with E-state index in [1.807, 2.05) is 0 Å². The topological polar surface area (TPSA) is 39.4 Å². The summed E-state index contributed by atoms with van der Waals surface area (Å²) < 4.78 is 44.3. The first-order valence-corrected chi connectivity index (χ1v) is 4.26. The van der Waals surface area contributed by atoms with Crippen LogP contribution in [0, 0.1) is 0 Å². The Balaban J connectivity index is 2.19. The summed E-state index contributed by atoms with van der Waals surface area (Å²) in [6.45, 7) is -0.265. The Kier molecular flexibility index (Phi) is 3.76. The molecule has 0 amide bonds. The van der Waals surface area contributed by atoms with Gasteiger partial charge in [0, 0.05) is 6.42 Å². The van der Waals surface area contributed by atoms with E-state index in [1.165, 1.54) is 18.4 Å². The van der Waals surface area contributed by atoms with Crippen LogP contribution in [0.25, 0.3) is 0 Å². The van der Waals surface area contributed by atoms with Gasteiger partial charge >= 0.3 is 12.1 Å². The molecule has 0 radical (unpaired) electrons. The largest absolute Gasteiger partial charge is 0.460 e. The van der Waals surface area contributed by atoms with Crippen LogP contribution in [0.15, 0.2) is 22.8 Å². The molecule has 0 bridgehead atoms. The minimum atomic E-state index is -4.21. The van der Waals surface area contributed by atoms with Crippen LogP contribution in [0.1, 0.15) is 23.4 Å². The number of carbonyl (C=O) groups excluding carboxylic acids is 1. The van der Waals surface area contributed by atoms with Gasteiger partial charge in [-0.1, -0.05) is 0 Å². The second-order valence-corrected chi connectivity index (χ2v) is 2.83. The van der Waals surface area contributed by atoms with Gasteiger partial charge in [0.25, 0.3) is 0 Å². The molecule has 1 heterocycles. The van der Waals surface area contributed by atoms with Gasteiger partial charge in [0.2, 0.25) is 5.76 Å². The number of furan rings is 1. The van der Waals surface area contributed by atoms with Crippen LogP contribution in [0.2, 0.25) is 0 Å². The van der Waals surface area contributed by atoms with Crippen molar-refractivity contribution >= 4 is 5.97 Å². The SMILES string of the molecule is O=C(OCCCC(F)(F)F)c1ccco1. The van der Waals surface area contributed by atoms with Gasteiger partial charge in [-0.05, 0) is 18.6 Å². The zero-order chi connectivity index (χ0) is 11.3.